The number of hydrogen-bond donors (Lipinski definition) is 1. The first-order valence-corrected chi connectivity index (χ1v) is 6.29. The number of nitrogens with two attached hydrogens (primary N) is 1. The molecule has 0 amide bonds. The van der Waals surface area contributed by atoms with Crippen molar-refractivity contribution in [3.8, 4) is 10.9 Å². The molecule has 0 saturated carbocycles. The first-order chi connectivity index (χ1) is 8.72. The van der Waals surface area contributed by atoms with E-state index in [2.05, 4.69) is 9.97 Å². The number of anilines is 1. The highest BCUT2D eigenvalue weighted by molar-refractivity contribution is 7.17. The summed E-state index contributed by atoms with van der Waals surface area (Å²) in [5.74, 6) is 0.700. The van der Waals surface area contributed by atoms with Gasteiger partial charge in [-0.15, -0.1) is 0 Å². The van der Waals surface area contributed by atoms with Crippen LogP contribution in [0.4, 0.5) is 5.00 Å². The number of para-hydroxylation sites is 1. The van der Waals surface area contributed by atoms with Crippen molar-refractivity contribution in [2.75, 3.05) is 5.73 Å². The van der Waals surface area contributed by atoms with Gasteiger partial charge in [-0.25, -0.2) is 9.97 Å². The number of hydrogen-bond acceptors (Lipinski definition) is 5. The van der Waals surface area contributed by atoms with Gasteiger partial charge < -0.3 is 10.5 Å². The van der Waals surface area contributed by atoms with E-state index in [-0.39, 0.29) is 0 Å². The van der Waals surface area contributed by atoms with Crippen LogP contribution in [-0.4, -0.2) is 9.97 Å². The molecule has 3 rings (SSSR count). The molecule has 2 aromatic heterocycles. The van der Waals surface area contributed by atoms with Gasteiger partial charge in [0.05, 0.1) is 6.20 Å². The summed E-state index contributed by atoms with van der Waals surface area (Å²) in [6.45, 7) is 1.96. The highest BCUT2D eigenvalue weighted by Gasteiger charge is 2.07. The highest BCUT2D eigenvalue weighted by Crippen LogP contribution is 2.31. The van der Waals surface area contributed by atoms with E-state index in [4.69, 9.17) is 10.5 Å². The summed E-state index contributed by atoms with van der Waals surface area (Å²) in [5.41, 5.74) is 7.42. The van der Waals surface area contributed by atoms with Crippen molar-refractivity contribution in [2.45, 2.75) is 6.92 Å². The number of benzene rings is 1. The number of thiazole rings is 1. The lowest BCUT2D eigenvalue weighted by Gasteiger charge is -2.05. The zero-order chi connectivity index (χ0) is 12.5. The first kappa shape index (κ1) is 11.0. The van der Waals surface area contributed by atoms with E-state index in [0.29, 0.717) is 15.9 Å². The van der Waals surface area contributed by atoms with E-state index < -0.39 is 0 Å². The molecule has 2 N–H and O–H groups in total. The third-order valence-corrected chi connectivity index (χ3v) is 3.23. The van der Waals surface area contributed by atoms with Crippen molar-refractivity contribution in [1.82, 2.24) is 9.97 Å². The fraction of sp³-hybridized carbons (Fsp3) is 0.0769. The van der Waals surface area contributed by atoms with Crippen LogP contribution in [0.2, 0.25) is 0 Å². The van der Waals surface area contributed by atoms with Crippen LogP contribution in [0.3, 0.4) is 0 Å². The number of nitrogen functional groups attached to an aromatic ring is 1. The van der Waals surface area contributed by atoms with Gasteiger partial charge in [-0.05, 0) is 19.1 Å². The molecule has 18 heavy (non-hydrogen) atoms. The second-order valence-corrected chi connectivity index (χ2v) is 4.94. The fourth-order valence-electron chi connectivity index (χ4n) is 1.71. The topological polar surface area (TPSA) is 61.0 Å². The van der Waals surface area contributed by atoms with Gasteiger partial charge in [-0.2, -0.15) is 0 Å². The fourth-order valence-corrected chi connectivity index (χ4v) is 2.25. The lowest BCUT2D eigenvalue weighted by Crippen LogP contribution is -1.89. The normalized spacial score (nSPS) is 10.7. The molecule has 4 nitrogen and oxygen atoms in total. The molecule has 5 heteroatoms. The van der Waals surface area contributed by atoms with Crippen molar-refractivity contribution in [3.05, 3.63) is 42.2 Å². The molecule has 0 saturated heterocycles. The Morgan fingerprint density at radius 2 is 2.11 bits per heavy atom. The Hall–Kier alpha value is -2.14. The second-order valence-electron chi connectivity index (χ2n) is 3.91. The largest absolute Gasteiger partial charge is 0.429 e. The lowest BCUT2D eigenvalue weighted by molar-refractivity contribution is 0.483. The predicted octanol–water partition coefficient (Wildman–Crippen LogP) is 3.37. The Balaban J connectivity index is 2.08. The van der Waals surface area contributed by atoms with Gasteiger partial charge in [0.25, 0.3) is 5.19 Å². The van der Waals surface area contributed by atoms with E-state index >= 15 is 0 Å². The summed E-state index contributed by atoms with van der Waals surface area (Å²) in [5, 5.41) is 2.21. The number of aromatic nitrogens is 2. The molecule has 0 radical (unpaired) electrons. The monoisotopic (exact) mass is 257 g/mol. The van der Waals surface area contributed by atoms with Gasteiger partial charge in [0, 0.05) is 11.1 Å². The van der Waals surface area contributed by atoms with Crippen molar-refractivity contribution in [3.63, 3.8) is 0 Å². The third kappa shape index (κ3) is 2.00. The molecule has 1 aromatic carbocycles. The van der Waals surface area contributed by atoms with Gasteiger partial charge in [-0.1, -0.05) is 29.5 Å². The van der Waals surface area contributed by atoms with E-state index in [1.165, 1.54) is 11.3 Å². The Morgan fingerprint density at radius 1 is 1.22 bits per heavy atom. The third-order valence-electron chi connectivity index (χ3n) is 2.52. The van der Waals surface area contributed by atoms with Crippen LogP contribution < -0.4 is 10.5 Å². The van der Waals surface area contributed by atoms with E-state index in [9.17, 15) is 0 Å². The summed E-state index contributed by atoms with van der Waals surface area (Å²) in [6.07, 6.45) is 1.59. The van der Waals surface area contributed by atoms with Gasteiger partial charge in [0.2, 0.25) is 0 Å². The number of nitrogens with zero attached hydrogens (tertiary/aromatic N) is 2. The number of fused-ring (bicyclic) bond motifs is 1. The maximum atomic E-state index is 5.73. The molecular weight excluding hydrogens is 246 g/mol. The molecule has 0 bridgehead atoms. The second kappa shape index (κ2) is 4.27. The lowest BCUT2D eigenvalue weighted by atomic mass is 10.2. The Bertz CT molecular complexity index is 708. The zero-order valence-corrected chi connectivity index (χ0v) is 10.6. The minimum atomic E-state index is 0.531. The van der Waals surface area contributed by atoms with Gasteiger partial charge in [0.15, 0.2) is 5.75 Å². The van der Waals surface area contributed by atoms with Crippen molar-refractivity contribution >= 4 is 27.2 Å². The number of ether oxygens (including phenoxy) is 1. The number of rotatable bonds is 2. The van der Waals surface area contributed by atoms with E-state index in [1.807, 2.05) is 37.3 Å². The minimum Gasteiger partial charge on any atom is -0.429 e. The van der Waals surface area contributed by atoms with Crippen LogP contribution in [0.25, 0.3) is 10.9 Å². The SMILES string of the molecule is Cc1ccc2cccc(Oc3ncc(N)s3)c2n1. The van der Waals surface area contributed by atoms with Crippen LogP contribution in [0.5, 0.6) is 10.9 Å². The molecule has 0 aliphatic carbocycles. The quantitative estimate of drug-likeness (QED) is 0.764. The summed E-state index contributed by atoms with van der Waals surface area (Å²) in [4.78, 5) is 8.58. The predicted molar refractivity (Wildman–Crippen MR) is 73.1 cm³/mol. The molecule has 2 heterocycles. The molecule has 90 valence electrons. The molecule has 0 spiro atoms. The Labute approximate surface area is 108 Å². The number of aryl methyl sites for hydroxylation is 1. The van der Waals surface area contributed by atoms with Crippen LogP contribution in [-0.2, 0) is 0 Å². The Morgan fingerprint density at radius 3 is 2.89 bits per heavy atom. The van der Waals surface area contributed by atoms with Crippen LogP contribution in [0, 0.1) is 6.92 Å². The standard InChI is InChI=1S/C13H11N3OS/c1-8-5-6-9-3-2-4-10(12(9)16-8)17-13-15-7-11(14)18-13/h2-7H,14H2,1H3. The smallest absolute Gasteiger partial charge is 0.280 e. The van der Waals surface area contributed by atoms with Crippen LogP contribution in [0.15, 0.2) is 36.5 Å². The van der Waals surface area contributed by atoms with Gasteiger partial charge in [-0.3, -0.25) is 0 Å². The Kier molecular flexibility index (Phi) is 2.60. The van der Waals surface area contributed by atoms with E-state index in [0.717, 1.165) is 16.6 Å². The molecule has 0 fully saturated rings. The number of pyridine rings is 1. The summed E-state index contributed by atoms with van der Waals surface area (Å²) >= 11 is 1.31. The van der Waals surface area contributed by atoms with Crippen molar-refractivity contribution in [2.24, 2.45) is 0 Å². The highest BCUT2D eigenvalue weighted by atomic mass is 32.1. The average Bonchev–Trinajstić information content (AvgIpc) is 2.76. The molecule has 0 atom stereocenters. The molecule has 0 aliphatic rings. The van der Waals surface area contributed by atoms with Gasteiger partial charge in [0.1, 0.15) is 10.5 Å². The van der Waals surface area contributed by atoms with Crippen LogP contribution >= 0.6 is 11.3 Å². The van der Waals surface area contributed by atoms with E-state index in [1.54, 1.807) is 6.20 Å². The molecule has 3 aromatic rings. The minimum absolute atomic E-state index is 0.531. The van der Waals surface area contributed by atoms with Crippen molar-refractivity contribution in [1.29, 1.82) is 0 Å². The molecular formula is C13H11N3OS. The molecule has 0 aliphatic heterocycles. The van der Waals surface area contributed by atoms with Gasteiger partial charge >= 0.3 is 0 Å². The first-order valence-electron chi connectivity index (χ1n) is 5.48. The average molecular weight is 257 g/mol. The maximum Gasteiger partial charge on any atom is 0.280 e. The summed E-state index contributed by atoms with van der Waals surface area (Å²) in [7, 11) is 0. The maximum absolute atomic E-state index is 5.73. The zero-order valence-electron chi connectivity index (χ0n) is 9.75. The summed E-state index contributed by atoms with van der Waals surface area (Å²) in [6, 6.07) is 9.83. The molecule has 0 unspecified atom stereocenters. The summed E-state index contributed by atoms with van der Waals surface area (Å²) < 4.78 is 5.73. The van der Waals surface area contributed by atoms with Crippen LogP contribution in [0.1, 0.15) is 5.69 Å². The van der Waals surface area contributed by atoms with Crippen molar-refractivity contribution < 1.29 is 4.74 Å².